The Kier molecular flexibility index (Phi) is 3.68. The predicted molar refractivity (Wildman–Crippen MR) is 90.8 cm³/mol. The lowest BCUT2D eigenvalue weighted by Crippen LogP contribution is -2.27. The van der Waals surface area contributed by atoms with Gasteiger partial charge in [-0.1, -0.05) is 44.2 Å². The van der Waals surface area contributed by atoms with E-state index in [1.807, 2.05) is 24.3 Å². The van der Waals surface area contributed by atoms with E-state index >= 15 is 0 Å². The van der Waals surface area contributed by atoms with Crippen LogP contribution in [0.5, 0.6) is 0 Å². The molecule has 2 amide bonds. The van der Waals surface area contributed by atoms with Crippen molar-refractivity contribution in [3.8, 4) is 0 Å². The van der Waals surface area contributed by atoms with Crippen molar-refractivity contribution in [3.05, 3.63) is 65.2 Å². The van der Waals surface area contributed by atoms with Crippen molar-refractivity contribution < 1.29 is 9.59 Å². The van der Waals surface area contributed by atoms with Crippen molar-refractivity contribution in [1.82, 2.24) is 4.90 Å². The van der Waals surface area contributed by atoms with E-state index in [0.717, 1.165) is 17.1 Å². The zero-order chi connectivity index (χ0) is 16.6. The quantitative estimate of drug-likeness (QED) is 0.882. The van der Waals surface area contributed by atoms with Crippen LogP contribution in [0, 0.1) is 0 Å². The number of carbonyl (C=O) groups is 2. The van der Waals surface area contributed by atoms with Crippen LogP contribution in [0.3, 0.4) is 0 Å². The highest BCUT2D eigenvalue weighted by atomic mass is 16.2. The fourth-order valence-corrected chi connectivity index (χ4v) is 2.79. The molecule has 1 aliphatic heterocycles. The van der Waals surface area contributed by atoms with E-state index in [-0.39, 0.29) is 17.2 Å². The van der Waals surface area contributed by atoms with Crippen LogP contribution in [0.1, 0.15) is 40.1 Å². The Labute approximate surface area is 136 Å². The van der Waals surface area contributed by atoms with Gasteiger partial charge in [-0.25, -0.2) is 0 Å². The maximum Gasteiger partial charge on any atom is 0.261 e. The van der Waals surface area contributed by atoms with Crippen LogP contribution in [0.2, 0.25) is 0 Å². The second kappa shape index (κ2) is 5.54. The maximum atomic E-state index is 12.1. The van der Waals surface area contributed by atoms with Crippen LogP contribution in [0.4, 0.5) is 5.69 Å². The molecule has 23 heavy (non-hydrogen) atoms. The molecule has 0 saturated carbocycles. The number of imide groups is 1. The van der Waals surface area contributed by atoms with Gasteiger partial charge in [0.05, 0.1) is 11.1 Å². The van der Waals surface area contributed by atoms with E-state index in [1.54, 1.807) is 12.1 Å². The minimum atomic E-state index is -0.240. The molecule has 0 radical (unpaired) electrons. The van der Waals surface area contributed by atoms with Crippen LogP contribution >= 0.6 is 0 Å². The number of carbonyl (C=O) groups excluding carboxylic acids is 2. The Hall–Kier alpha value is -2.62. The van der Waals surface area contributed by atoms with Gasteiger partial charge in [0.2, 0.25) is 0 Å². The molecule has 0 fully saturated rings. The minimum absolute atomic E-state index is 0.0447. The van der Waals surface area contributed by atoms with E-state index in [0.29, 0.717) is 11.1 Å². The zero-order valence-electron chi connectivity index (χ0n) is 13.6. The second-order valence-electron chi connectivity index (χ2n) is 6.53. The fourth-order valence-electron chi connectivity index (χ4n) is 2.79. The third kappa shape index (κ3) is 2.72. The SMILES string of the molecule is CN1C(=O)c2ccc(NCC(C)(C)c3ccccc3)cc2C1=O. The summed E-state index contributed by atoms with van der Waals surface area (Å²) >= 11 is 0. The Morgan fingerprint density at radius 1 is 0.957 bits per heavy atom. The standard InChI is InChI=1S/C19H20N2O2/c1-19(2,13-7-5-4-6-8-13)12-20-14-9-10-15-16(11-14)18(23)21(3)17(15)22/h4-11,20H,12H2,1-3H3. The molecular weight excluding hydrogens is 288 g/mol. The number of nitrogens with zero attached hydrogens (tertiary/aromatic N) is 1. The molecular formula is C19H20N2O2. The van der Waals surface area contributed by atoms with Gasteiger partial charge in [-0.3, -0.25) is 14.5 Å². The summed E-state index contributed by atoms with van der Waals surface area (Å²) < 4.78 is 0. The minimum Gasteiger partial charge on any atom is -0.384 e. The van der Waals surface area contributed by atoms with Gasteiger partial charge in [-0.15, -0.1) is 0 Å². The van der Waals surface area contributed by atoms with Crippen molar-refractivity contribution in [2.75, 3.05) is 18.9 Å². The number of amides is 2. The Balaban J connectivity index is 1.78. The highest BCUT2D eigenvalue weighted by Crippen LogP contribution is 2.27. The highest BCUT2D eigenvalue weighted by molar-refractivity contribution is 6.21. The maximum absolute atomic E-state index is 12.1. The predicted octanol–water partition coefficient (Wildman–Crippen LogP) is 3.30. The lowest BCUT2D eigenvalue weighted by Gasteiger charge is -2.26. The van der Waals surface area contributed by atoms with Gasteiger partial charge in [0.25, 0.3) is 11.8 Å². The molecule has 4 nitrogen and oxygen atoms in total. The number of nitrogens with one attached hydrogen (secondary N) is 1. The molecule has 118 valence electrons. The topological polar surface area (TPSA) is 49.4 Å². The summed E-state index contributed by atoms with van der Waals surface area (Å²) in [5, 5.41) is 3.38. The van der Waals surface area contributed by atoms with Crippen LogP contribution in [-0.2, 0) is 5.41 Å². The monoisotopic (exact) mass is 308 g/mol. The molecule has 1 N–H and O–H groups in total. The number of anilines is 1. The Bertz CT molecular complexity index is 766. The van der Waals surface area contributed by atoms with Gasteiger partial charge < -0.3 is 5.32 Å². The molecule has 0 spiro atoms. The Morgan fingerprint density at radius 3 is 2.30 bits per heavy atom. The van der Waals surface area contributed by atoms with Crippen molar-refractivity contribution in [3.63, 3.8) is 0 Å². The fraction of sp³-hybridized carbons (Fsp3) is 0.263. The average molecular weight is 308 g/mol. The Morgan fingerprint density at radius 2 is 1.61 bits per heavy atom. The van der Waals surface area contributed by atoms with Crippen molar-refractivity contribution in [2.24, 2.45) is 0 Å². The highest BCUT2D eigenvalue weighted by Gasteiger charge is 2.32. The van der Waals surface area contributed by atoms with Gasteiger partial charge in [0, 0.05) is 24.7 Å². The lowest BCUT2D eigenvalue weighted by atomic mass is 9.84. The summed E-state index contributed by atoms with van der Waals surface area (Å²) in [5.41, 5.74) is 3.01. The molecule has 0 unspecified atom stereocenters. The van der Waals surface area contributed by atoms with Crippen LogP contribution in [0.25, 0.3) is 0 Å². The molecule has 4 heteroatoms. The van der Waals surface area contributed by atoms with Gasteiger partial charge in [0.15, 0.2) is 0 Å². The normalized spacial score (nSPS) is 14.1. The number of fused-ring (bicyclic) bond motifs is 1. The zero-order valence-corrected chi connectivity index (χ0v) is 13.6. The lowest BCUT2D eigenvalue weighted by molar-refractivity contribution is 0.0693. The van der Waals surface area contributed by atoms with Crippen LogP contribution in [0.15, 0.2) is 48.5 Å². The van der Waals surface area contributed by atoms with E-state index in [9.17, 15) is 9.59 Å². The number of hydrogen-bond donors (Lipinski definition) is 1. The molecule has 0 saturated heterocycles. The number of rotatable bonds is 4. The molecule has 0 aromatic heterocycles. The molecule has 0 atom stereocenters. The number of hydrogen-bond acceptors (Lipinski definition) is 3. The smallest absolute Gasteiger partial charge is 0.261 e. The van der Waals surface area contributed by atoms with E-state index in [2.05, 4.69) is 31.3 Å². The average Bonchev–Trinajstić information content (AvgIpc) is 2.78. The summed E-state index contributed by atoms with van der Waals surface area (Å²) in [7, 11) is 1.51. The molecule has 1 aliphatic rings. The van der Waals surface area contributed by atoms with Gasteiger partial charge in [-0.2, -0.15) is 0 Å². The molecule has 0 aliphatic carbocycles. The molecule has 2 aromatic carbocycles. The van der Waals surface area contributed by atoms with Gasteiger partial charge >= 0.3 is 0 Å². The first-order chi connectivity index (χ1) is 10.9. The van der Waals surface area contributed by atoms with E-state index in [1.165, 1.54) is 12.6 Å². The summed E-state index contributed by atoms with van der Waals surface area (Å²) in [6.07, 6.45) is 0. The van der Waals surface area contributed by atoms with Crippen molar-refractivity contribution in [2.45, 2.75) is 19.3 Å². The molecule has 0 bridgehead atoms. The molecule has 1 heterocycles. The number of benzene rings is 2. The first-order valence-corrected chi connectivity index (χ1v) is 7.66. The summed E-state index contributed by atoms with van der Waals surface area (Å²) in [5.74, 6) is -0.475. The van der Waals surface area contributed by atoms with Crippen LogP contribution < -0.4 is 5.32 Å². The second-order valence-corrected chi connectivity index (χ2v) is 6.53. The van der Waals surface area contributed by atoms with Gasteiger partial charge in [0.1, 0.15) is 0 Å². The molecule has 3 rings (SSSR count). The summed E-state index contributed by atoms with van der Waals surface area (Å²) in [4.78, 5) is 25.1. The van der Waals surface area contributed by atoms with Crippen molar-refractivity contribution in [1.29, 1.82) is 0 Å². The van der Waals surface area contributed by atoms with E-state index in [4.69, 9.17) is 0 Å². The third-order valence-electron chi connectivity index (χ3n) is 4.38. The first-order valence-electron chi connectivity index (χ1n) is 7.66. The summed E-state index contributed by atoms with van der Waals surface area (Å²) in [6, 6.07) is 15.6. The van der Waals surface area contributed by atoms with Crippen LogP contribution in [-0.4, -0.2) is 30.3 Å². The largest absolute Gasteiger partial charge is 0.384 e. The third-order valence-corrected chi connectivity index (χ3v) is 4.38. The first kappa shape index (κ1) is 15.3. The molecule has 2 aromatic rings. The summed E-state index contributed by atoms with van der Waals surface area (Å²) in [6.45, 7) is 5.07. The van der Waals surface area contributed by atoms with Gasteiger partial charge in [-0.05, 0) is 23.8 Å². The van der Waals surface area contributed by atoms with E-state index < -0.39 is 0 Å². The van der Waals surface area contributed by atoms with Crippen molar-refractivity contribution >= 4 is 17.5 Å².